The van der Waals surface area contributed by atoms with Gasteiger partial charge in [0.2, 0.25) is 35.1 Å². The number of hydrogen-bond donors (Lipinski definition) is 7. The van der Waals surface area contributed by atoms with Gasteiger partial charge in [0.15, 0.2) is 0 Å². The van der Waals surface area contributed by atoms with Crippen LogP contribution in [0.2, 0.25) is 0 Å². The molecule has 94 heavy (non-hydrogen) atoms. The zero-order chi connectivity index (χ0) is 68.0. The van der Waals surface area contributed by atoms with Crippen LogP contribution in [0.15, 0.2) is 77.7 Å². The number of nitrogens with one attached hydrogen (secondary N) is 6. The Morgan fingerprint density at radius 2 is 1.49 bits per heavy atom. The first-order valence-electron chi connectivity index (χ1n) is 31.4. The summed E-state index contributed by atoms with van der Waals surface area (Å²) >= 11 is 0. The van der Waals surface area contributed by atoms with Gasteiger partial charge in [-0.1, -0.05) is 39.8 Å². The van der Waals surface area contributed by atoms with E-state index in [1.165, 1.54) is 30.8 Å². The lowest BCUT2D eigenvalue weighted by molar-refractivity contribution is -0.173. The highest BCUT2D eigenvalue weighted by Gasteiger charge is 2.51. The second kappa shape index (κ2) is 31.9. The van der Waals surface area contributed by atoms with Gasteiger partial charge in [-0.25, -0.2) is 29.4 Å². The van der Waals surface area contributed by atoms with Gasteiger partial charge in [0.05, 0.1) is 62.0 Å². The molecule has 2 aliphatic rings. The van der Waals surface area contributed by atoms with Crippen molar-refractivity contribution in [2.24, 2.45) is 5.92 Å². The molecule has 0 fully saturated rings. The first-order valence-corrected chi connectivity index (χ1v) is 31.4. The number of phenols is 1. The Morgan fingerprint density at radius 3 is 2.19 bits per heavy atom. The molecule has 7 N–H and O–H groups in total. The highest BCUT2D eigenvalue weighted by Crippen LogP contribution is 2.43. The minimum Gasteiger partial charge on any atom is -0.508 e. The number of hydrazine groups is 1. The summed E-state index contributed by atoms with van der Waals surface area (Å²) in [5.41, 5.74) is 7.28. The van der Waals surface area contributed by atoms with Gasteiger partial charge in [0.1, 0.15) is 42.7 Å². The minimum absolute atomic E-state index is 0.00860. The molecule has 6 aromatic rings. The van der Waals surface area contributed by atoms with E-state index in [9.17, 15) is 48.3 Å². The Labute approximate surface area is 544 Å². The number of amides is 7. The third-order valence-electron chi connectivity index (χ3n) is 16.6. The number of fused-ring (bicyclic) bond motifs is 6. The predicted molar refractivity (Wildman–Crippen MR) is 346 cm³/mol. The molecule has 7 amide bonds. The van der Waals surface area contributed by atoms with Gasteiger partial charge in [0.25, 0.3) is 5.56 Å². The molecular weight excluding hydrogens is 1210 g/mol. The summed E-state index contributed by atoms with van der Waals surface area (Å²) in [5.74, 6) is -3.21. The van der Waals surface area contributed by atoms with Crippen LogP contribution in [0, 0.1) is 5.92 Å². The maximum atomic E-state index is 14.2. The number of cyclic esters (lactones) is 1. The first-order chi connectivity index (χ1) is 45.0. The largest absolute Gasteiger partial charge is 0.508 e. The molecule has 0 saturated heterocycles. The van der Waals surface area contributed by atoms with Gasteiger partial charge in [-0.2, -0.15) is 0 Å². The zero-order valence-electron chi connectivity index (χ0n) is 54.8. The van der Waals surface area contributed by atoms with E-state index >= 15 is 0 Å². The first kappa shape index (κ1) is 70.4. The van der Waals surface area contributed by atoms with Gasteiger partial charge in [0, 0.05) is 99.6 Å². The average Bonchev–Trinajstić information content (AvgIpc) is 1.43. The van der Waals surface area contributed by atoms with E-state index in [4.69, 9.17) is 28.7 Å². The summed E-state index contributed by atoms with van der Waals surface area (Å²) in [6.45, 7) is 11.8. The topological polar surface area (TPSA) is 338 Å². The number of pyridine rings is 3. The molecule has 2 aliphatic heterocycles. The molecule has 2 aromatic carbocycles. The third-order valence-corrected chi connectivity index (χ3v) is 16.6. The van der Waals surface area contributed by atoms with Crippen LogP contribution in [0.3, 0.4) is 0 Å². The molecule has 28 nitrogen and oxygen atoms in total. The number of esters is 1. The summed E-state index contributed by atoms with van der Waals surface area (Å²) in [7, 11) is 6.68. The number of aromatic hydroxyl groups is 1. The summed E-state index contributed by atoms with van der Waals surface area (Å²) in [4.78, 5) is 132. The smallest absolute Gasteiger partial charge is 0.411 e. The van der Waals surface area contributed by atoms with Gasteiger partial charge < -0.3 is 74.3 Å². The number of anilines is 1. The van der Waals surface area contributed by atoms with Crippen molar-refractivity contribution >= 4 is 75.3 Å². The maximum Gasteiger partial charge on any atom is 0.411 e. The molecule has 0 bridgehead atoms. The zero-order valence-corrected chi connectivity index (χ0v) is 54.8. The van der Waals surface area contributed by atoms with Crippen LogP contribution >= 0.6 is 0 Å². The molecule has 0 spiro atoms. The quantitative estimate of drug-likeness (QED) is 0.0138. The van der Waals surface area contributed by atoms with Crippen molar-refractivity contribution < 1.29 is 67.1 Å². The Bertz CT molecular complexity index is 3830. The molecule has 4 aromatic heterocycles. The average molecular weight is 1300 g/mol. The van der Waals surface area contributed by atoms with Crippen molar-refractivity contribution in [3.05, 3.63) is 117 Å². The van der Waals surface area contributed by atoms with Crippen molar-refractivity contribution in [1.29, 1.82) is 0 Å². The van der Waals surface area contributed by atoms with E-state index in [0.29, 0.717) is 47.7 Å². The Hall–Kier alpha value is -9.51. The van der Waals surface area contributed by atoms with E-state index < -0.39 is 65.2 Å². The highest BCUT2D eigenvalue weighted by molar-refractivity contribution is 5.98. The van der Waals surface area contributed by atoms with Crippen molar-refractivity contribution in [2.75, 3.05) is 79.6 Å². The number of aromatic nitrogens is 4. The molecule has 0 unspecified atom stereocenters. The molecule has 504 valence electrons. The van der Waals surface area contributed by atoms with Crippen molar-refractivity contribution in [3.63, 3.8) is 0 Å². The van der Waals surface area contributed by atoms with E-state index in [-0.39, 0.29) is 120 Å². The number of carbonyl (C=O) groups excluding carboxylic acids is 8. The van der Waals surface area contributed by atoms with Crippen LogP contribution in [-0.2, 0) is 97.3 Å². The fourth-order valence-corrected chi connectivity index (χ4v) is 11.1. The van der Waals surface area contributed by atoms with Gasteiger partial charge >= 0.3 is 18.2 Å². The highest BCUT2D eigenvalue weighted by atomic mass is 16.6. The number of phenolic OH excluding ortho intramolecular Hbond substituents is 1. The number of ether oxygens (including phenoxy) is 5. The number of hydrogen-bond acceptors (Lipinski definition) is 19. The fourth-order valence-electron chi connectivity index (χ4n) is 11.1. The molecule has 0 radical (unpaired) electrons. The fraction of sp³-hybridized carbons (Fsp3) is 0.470. The Balaban J connectivity index is 0.695. The maximum absolute atomic E-state index is 14.2. The number of carbonyl (C=O) groups is 8. The van der Waals surface area contributed by atoms with Crippen LogP contribution < -0.4 is 37.6 Å². The number of likely N-dealkylation sites (N-methyl/N-ethyl adjacent to an activating group) is 2. The molecule has 0 aliphatic carbocycles. The van der Waals surface area contributed by atoms with E-state index in [0.717, 1.165) is 33.2 Å². The molecule has 6 heterocycles. The summed E-state index contributed by atoms with van der Waals surface area (Å²) < 4.78 is 31.7. The molecule has 8 rings (SSSR count). The Morgan fingerprint density at radius 1 is 0.787 bits per heavy atom. The van der Waals surface area contributed by atoms with E-state index in [2.05, 4.69) is 37.0 Å². The van der Waals surface area contributed by atoms with Crippen LogP contribution in [0.5, 0.6) is 5.75 Å². The molecular formula is C66H85N13O15. The summed E-state index contributed by atoms with van der Waals surface area (Å²) in [6.07, 6.45) is 0.776. The van der Waals surface area contributed by atoms with Crippen molar-refractivity contribution in [1.82, 2.24) is 60.6 Å². The van der Waals surface area contributed by atoms with E-state index in [1.54, 1.807) is 87.0 Å². The van der Waals surface area contributed by atoms with Crippen LogP contribution in [0.25, 0.3) is 33.3 Å². The second-order valence-corrected chi connectivity index (χ2v) is 23.6. The SMILES string of the molecule is CCc1c2c(nc3ccc(O)cc13)-c1cc3c(c(=O)n1C2)COC(=O)[C@@]3(CC)OC(=O)N(C)CCN(C)C(=O)OCc1ccc(NC(=O)[C@H](C)NC(=O)[C@@H](NC(=O)CCOCCOCCNC(=O)[C@H](C)NC(=O)CCn2c(CN(C)NC)cc3cccnc32)C(C)C)cc1. The lowest BCUT2D eigenvalue weighted by Crippen LogP contribution is -2.53. The second-order valence-electron chi connectivity index (χ2n) is 23.6. The lowest BCUT2D eigenvalue weighted by Gasteiger charge is -2.36. The number of nitrogens with zero attached hydrogens (tertiary/aromatic N) is 7. The minimum atomic E-state index is -1.96. The number of aryl methyl sites for hydroxylation is 2. The number of rotatable bonds is 31. The normalized spacial score (nSPS) is 14.9. The molecule has 0 saturated carbocycles. The van der Waals surface area contributed by atoms with Gasteiger partial charge in [-0.15, -0.1) is 0 Å². The molecule has 28 heteroatoms. The van der Waals surface area contributed by atoms with Crippen molar-refractivity contribution in [2.45, 2.75) is 124 Å². The standard InChI is InChI=1S/C66H85N13O15/c1-11-47-48-33-46(80)19-20-52(48)73-57-49(47)36-79-53(57)34-51-50(62(79)86)38-92-63(87)66(51,12-2)94-65(89)76(9)27-26-75(8)64(88)93-37-42-15-17-44(18-16-42)72-60(84)41(6)71-61(85)56(39(3)4)74-55(82)22-28-90-30-31-91-29-24-69-59(83)40(5)70-54(81)21-25-78-45(35-77(10)67-7)32-43-14-13-23-68-58(43)78/h13-20,23,32-34,39-41,56,67,80H,11-12,21-22,24-31,35-38H2,1-10H3,(H,69,83)(H,70,81)(H,71,85)(H,72,84)(H,74,82)/t40-,41-,56-,66-/m0/s1. The van der Waals surface area contributed by atoms with Gasteiger partial charge in [-0.3, -0.25) is 34.2 Å². The Kier molecular flexibility index (Phi) is 23.9. The molecule has 4 atom stereocenters. The van der Waals surface area contributed by atoms with Gasteiger partial charge in [-0.05, 0) is 105 Å². The van der Waals surface area contributed by atoms with E-state index in [1.807, 2.05) is 48.8 Å². The van der Waals surface area contributed by atoms with Crippen molar-refractivity contribution in [3.8, 4) is 17.1 Å². The van der Waals surface area contributed by atoms with Crippen LogP contribution in [0.4, 0.5) is 15.3 Å². The monoisotopic (exact) mass is 1300 g/mol. The summed E-state index contributed by atoms with van der Waals surface area (Å²) in [5, 5.41) is 27.5. The number of benzene rings is 2. The summed E-state index contributed by atoms with van der Waals surface area (Å²) in [6, 6.07) is 16.3. The predicted octanol–water partition coefficient (Wildman–Crippen LogP) is 4.33. The third kappa shape index (κ3) is 16.8. The van der Waals surface area contributed by atoms with Crippen LogP contribution in [-0.4, -0.2) is 179 Å². The lowest BCUT2D eigenvalue weighted by atomic mass is 9.85. The van der Waals surface area contributed by atoms with Crippen LogP contribution in [0.1, 0.15) is 94.3 Å².